The van der Waals surface area contributed by atoms with Gasteiger partial charge in [-0.25, -0.2) is 4.39 Å². The fraction of sp³-hybridized carbons (Fsp3) is 0.400. The molecule has 1 aromatic heterocycles. The Hall–Kier alpha value is -2.24. The lowest BCUT2D eigenvalue weighted by molar-refractivity contribution is -0.119. The third kappa shape index (κ3) is 3.87. The maximum atomic E-state index is 13.4. The number of nitrogens with zero attached hydrogens (tertiary/aromatic N) is 2. The van der Waals surface area contributed by atoms with Crippen LogP contribution >= 0.6 is 0 Å². The zero-order valence-electron chi connectivity index (χ0n) is 12.2. The highest BCUT2D eigenvalue weighted by Crippen LogP contribution is 2.24. The number of rotatable bonds is 6. The molecule has 112 valence electrons. The van der Waals surface area contributed by atoms with Gasteiger partial charge in [-0.15, -0.1) is 0 Å². The Bertz CT molecular complexity index is 638. The molecule has 0 aliphatic carbocycles. The van der Waals surface area contributed by atoms with E-state index < -0.39 is 5.82 Å². The summed E-state index contributed by atoms with van der Waals surface area (Å²) < 4.78 is 23.3. The molecule has 0 bridgehead atoms. The zero-order chi connectivity index (χ0) is 15.4. The van der Waals surface area contributed by atoms with Crippen molar-refractivity contribution in [2.75, 3.05) is 7.11 Å². The SMILES string of the molecule is COc1cc(-c2noc(CC(=O)CC(C)C)n2)ccc1F. The number of hydrogen-bond donors (Lipinski definition) is 0. The molecular formula is C15H17FN2O3. The average molecular weight is 292 g/mol. The first-order valence-electron chi connectivity index (χ1n) is 6.67. The first-order chi connectivity index (χ1) is 9.99. The highest BCUT2D eigenvalue weighted by atomic mass is 19.1. The van der Waals surface area contributed by atoms with Gasteiger partial charge in [-0.3, -0.25) is 4.79 Å². The fourth-order valence-corrected chi connectivity index (χ4v) is 1.94. The molecule has 0 aliphatic rings. The lowest BCUT2D eigenvalue weighted by atomic mass is 10.1. The summed E-state index contributed by atoms with van der Waals surface area (Å²) in [7, 11) is 1.38. The largest absolute Gasteiger partial charge is 0.494 e. The summed E-state index contributed by atoms with van der Waals surface area (Å²) in [6.07, 6.45) is 0.589. The Morgan fingerprint density at radius 2 is 2.19 bits per heavy atom. The van der Waals surface area contributed by atoms with Crippen LogP contribution in [0.1, 0.15) is 26.2 Å². The van der Waals surface area contributed by atoms with E-state index in [1.807, 2.05) is 13.8 Å². The molecule has 0 amide bonds. The molecule has 6 heteroatoms. The van der Waals surface area contributed by atoms with E-state index >= 15 is 0 Å². The molecule has 5 nitrogen and oxygen atoms in total. The summed E-state index contributed by atoms with van der Waals surface area (Å²) in [5, 5.41) is 3.81. The van der Waals surface area contributed by atoms with Crippen molar-refractivity contribution >= 4 is 5.78 Å². The molecule has 0 unspecified atom stereocenters. The normalized spacial score (nSPS) is 10.9. The molecule has 0 N–H and O–H groups in total. The van der Waals surface area contributed by atoms with E-state index in [0.717, 1.165) is 0 Å². The van der Waals surface area contributed by atoms with E-state index in [1.54, 1.807) is 0 Å². The topological polar surface area (TPSA) is 65.2 Å². The Balaban J connectivity index is 2.14. The Kier molecular flexibility index (Phi) is 4.67. The van der Waals surface area contributed by atoms with E-state index in [0.29, 0.717) is 23.7 Å². The Labute approximate surface area is 122 Å². The molecule has 0 aliphatic heterocycles. The molecule has 0 saturated heterocycles. The van der Waals surface area contributed by atoms with Crippen LogP contribution in [-0.4, -0.2) is 23.0 Å². The zero-order valence-corrected chi connectivity index (χ0v) is 12.2. The van der Waals surface area contributed by atoms with Crippen molar-refractivity contribution in [1.29, 1.82) is 0 Å². The molecule has 0 fully saturated rings. The second kappa shape index (κ2) is 6.47. The number of ketones is 1. The smallest absolute Gasteiger partial charge is 0.234 e. The van der Waals surface area contributed by atoms with Crippen LogP contribution in [0.4, 0.5) is 4.39 Å². The molecule has 1 aromatic carbocycles. The van der Waals surface area contributed by atoms with Gasteiger partial charge >= 0.3 is 0 Å². The second-order valence-corrected chi connectivity index (χ2v) is 5.17. The highest BCUT2D eigenvalue weighted by Gasteiger charge is 2.15. The average Bonchev–Trinajstić information content (AvgIpc) is 2.86. The molecule has 1 heterocycles. The number of halogens is 1. The predicted octanol–water partition coefficient (Wildman–Crippen LogP) is 3.04. The van der Waals surface area contributed by atoms with Crippen molar-refractivity contribution < 1.29 is 18.4 Å². The summed E-state index contributed by atoms with van der Waals surface area (Å²) in [6, 6.07) is 4.29. The van der Waals surface area contributed by atoms with Gasteiger partial charge in [-0.2, -0.15) is 4.98 Å². The third-order valence-corrected chi connectivity index (χ3v) is 2.86. The van der Waals surface area contributed by atoms with E-state index in [-0.39, 0.29) is 23.8 Å². The summed E-state index contributed by atoms with van der Waals surface area (Å²) in [5.41, 5.74) is 0.569. The van der Waals surface area contributed by atoms with Gasteiger partial charge in [0.25, 0.3) is 0 Å². The number of carbonyl (C=O) groups is 1. The van der Waals surface area contributed by atoms with E-state index in [9.17, 15) is 9.18 Å². The lowest BCUT2D eigenvalue weighted by Crippen LogP contribution is -2.06. The van der Waals surface area contributed by atoms with Crippen LogP contribution in [0, 0.1) is 11.7 Å². The minimum atomic E-state index is -0.461. The minimum Gasteiger partial charge on any atom is -0.494 e. The van der Waals surface area contributed by atoms with Gasteiger partial charge in [0.05, 0.1) is 13.5 Å². The molecule has 0 spiro atoms. The summed E-state index contributed by atoms with van der Waals surface area (Å²) in [6.45, 7) is 3.95. The number of benzene rings is 1. The summed E-state index contributed by atoms with van der Waals surface area (Å²) in [5.74, 6) is 0.560. The first kappa shape index (κ1) is 15.2. The van der Waals surface area contributed by atoms with Crippen molar-refractivity contribution in [2.24, 2.45) is 5.92 Å². The lowest BCUT2D eigenvalue weighted by Gasteiger charge is -2.02. The van der Waals surface area contributed by atoms with Crippen molar-refractivity contribution in [2.45, 2.75) is 26.7 Å². The van der Waals surface area contributed by atoms with Crippen molar-refractivity contribution in [3.63, 3.8) is 0 Å². The van der Waals surface area contributed by atoms with E-state index in [2.05, 4.69) is 10.1 Å². The summed E-state index contributed by atoms with van der Waals surface area (Å²) in [4.78, 5) is 15.9. The van der Waals surface area contributed by atoms with Crippen LogP contribution in [0.2, 0.25) is 0 Å². The second-order valence-electron chi connectivity index (χ2n) is 5.17. The van der Waals surface area contributed by atoms with Crippen LogP contribution in [0.25, 0.3) is 11.4 Å². The van der Waals surface area contributed by atoms with Gasteiger partial charge in [-0.1, -0.05) is 19.0 Å². The molecule has 0 atom stereocenters. The van der Waals surface area contributed by atoms with Crippen molar-refractivity contribution in [1.82, 2.24) is 10.1 Å². The molecular weight excluding hydrogens is 275 g/mol. The fourth-order valence-electron chi connectivity index (χ4n) is 1.94. The van der Waals surface area contributed by atoms with Crippen LogP contribution in [0.5, 0.6) is 5.75 Å². The van der Waals surface area contributed by atoms with Gasteiger partial charge in [-0.05, 0) is 24.1 Å². The third-order valence-electron chi connectivity index (χ3n) is 2.86. The standard InChI is InChI=1S/C15H17FN2O3/c1-9(2)6-11(19)8-14-17-15(18-21-14)10-4-5-12(16)13(7-10)20-3/h4-5,7,9H,6,8H2,1-3H3. The number of Topliss-reactive ketones (excluding diaryl/α,β-unsaturated/α-hetero) is 1. The monoisotopic (exact) mass is 292 g/mol. The highest BCUT2D eigenvalue weighted by molar-refractivity contribution is 5.80. The van der Waals surface area contributed by atoms with Gasteiger partial charge in [0, 0.05) is 12.0 Å². The number of aromatic nitrogens is 2. The van der Waals surface area contributed by atoms with Gasteiger partial charge in [0.2, 0.25) is 11.7 Å². The van der Waals surface area contributed by atoms with Crippen LogP contribution in [0.3, 0.4) is 0 Å². The maximum absolute atomic E-state index is 13.4. The molecule has 21 heavy (non-hydrogen) atoms. The summed E-state index contributed by atoms with van der Waals surface area (Å²) >= 11 is 0. The molecule has 2 aromatic rings. The van der Waals surface area contributed by atoms with Crippen LogP contribution in [-0.2, 0) is 11.2 Å². The quantitative estimate of drug-likeness (QED) is 0.818. The minimum absolute atomic E-state index is 0.0527. The molecule has 0 saturated carbocycles. The van der Waals surface area contributed by atoms with Crippen LogP contribution in [0.15, 0.2) is 22.7 Å². The number of carbonyl (C=O) groups excluding carboxylic acids is 1. The number of hydrogen-bond acceptors (Lipinski definition) is 5. The number of methoxy groups -OCH3 is 1. The van der Waals surface area contributed by atoms with Gasteiger partial charge < -0.3 is 9.26 Å². The van der Waals surface area contributed by atoms with E-state index in [1.165, 1.54) is 25.3 Å². The molecule has 2 rings (SSSR count). The van der Waals surface area contributed by atoms with Gasteiger partial charge in [0.15, 0.2) is 11.6 Å². The maximum Gasteiger partial charge on any atom is 0.234 e. The van der Waals surface area contributed by atoms with Crippen molar-refractivity contribution in [3.8, 4) is 17.1 Å². The number of ether oxygens (including phenoxy) is 1. The van der Waals surface area contributed by atoms with Crippen LogP contribution < -0.4 is 4.74 Å². The van der Waals surface area contributed by atoms with Gasteiger partial charge in [0.1, 0.15) is 5.78 Å². The Morgan fingerprint density at radius 3 is 2.86 bits per heavy atom. The Morgan fingerprint density at radius 1 is 1.43 bits per heavy atom. The first-order valence-corrected chi connectivity index (χ1v) is 6.67. The van der Waals surface area contributed by atoms with E-state index in [4.69, 9.17) is 9.26 Å². The predicted molar refractivity (Wildman–Crippen MR) is 74.4 cm³/mol. The molecule has 0 radical (unpaired) electrons. The van der Waals surface area contributed by atoms with Crippen molar-refractivity contribution in [3.05, 3.63) is 29.9 Å².